The van der Waals surface area contributed by atoms with Crippen LogP contribution in [0.15, 0.2) is 24.3 Å². The lowest BCUT2D eigenvalue weighted by atomic mass is 10.2. The molecule has 1 aromatic carbocycles. The summed E-state index contributed by atoms with van der Waals surface area (Å²) in [5.41, 5.74) is 0. The second-order valence-electron chi connectivity index (χ2n) is 4.45. The number of carbonyl (C=O) groups excluding carboxylic acids is 1. The van der Waals surface area contributed by atoms with Gasteiger partial charge in [-0.3, -0.25) is 4.79 Å². The molecule has 5 heteroatoms. The Labute approximate surface area is 115 Å². The Morgan fingerprint density at radius 2 is 2.26 bits per heavy atom. The van der Waals surface area contributed by atoms with E-state index in [0.29, 0.717) is 11.3 Å². The van der Waals surface area contributed by atoms with E-state index in [9.17, 15) is 14.3 Å². The van der Waals surface area contributed by atoms with Crippen molar-refractivity contribution in [3.05, 3.63) is 35.0 Å². The van der Waals surface area contributed by atoms with Crippen molar-refractivity contribution in [1.29, 1.82) is 0 Å². The zero-order chi connectivity index (χ0) is 13.8. The number of halogens is 1. The highest BCUT2D eigenvalue weighted by Crippen LogP contribution is 2.26. The van der Waals surface area contributed by atoms with Gasteiger partial charge in [0.05, 0.1) is 11.0 Å². The summed E-state index contributed by atoms with van der Waals surface area (Å²) in [6.45, 7) is 2.22. The molecule has 3 nitrogen and oxygen atoms in total. The first-order valence-corrected chi connectivity index (χ1v) is 7.07. The summed E-state index contributed by atoms with van der Waals surface area (Å²) in [5.74, 6) is -0.535. The van der Waals surface area contributed by atoms with Crippen molar-refractivity contribution in [2.24, 2.45) is 0 Å². The van der Waals surface area contributed by atoms with Gasteiger partial charge in [0.1, 0.15) is 5.82 Å². The predicted octanol–water partition coefficient (Wildman–Crippen LogP) is 2.93. The molecule has 1 heterocycles. The van der Waals surface area contributed by atoms with Gasteiger partial charge in [-0.2, -0.15) is 0 Å². The molecule has 0 aliphatic carbocycles. The third-order valence-electron chi connectivity index (χ3n) is 2.82. The van der Waals surface area contributed by atoms with Crippen LogP contribution in [0.4, 0.5) is 4.39 Å². The van der Waals surface area contributed by atoms with Crippen molar-refractivity contribution in [2.75, 3.05) is 6.54 Å². The maximum Gasteiger partial charge on any atom is 0.261 e. The number of rotatable bonds is 5. The third-order valence-corrected chi connectivity index (χ3v) is 3.94. The maximum absolute atomic E-state index is 13.1. The van der Waals surface area contributed by atoms with Gasteiger partial charge < -0.3 is 10.4 Å². The molecular formula is C14H16FNO2S. The summed E-state index contributed by atoms with van der Waals surface area (Å²) in [7, 11) is 0. The summed E-state index contributed by atoms with van der Waals surface area (Å²) in [5, 5.41) is 13.0. The molecule has 2 rings (SSSR count). The third kappa shape index (κ3) is 3.52. The van der Waals surface area contributed by atoms with Gasteiger partial charge >= 0.3 is 0 Å². The highest BCUT2D eigenvalue weighted by molar-refractivity contribution is 7.20. The first-order chi connectivity index (χ1) is 9.10. The number of fused-ring (bicyclic) bond motifs is 1. The molecule has 1 amide bonds. The SMILES string of the molecule is CCCC(O)CNC(=O)c1cc2cc(F)ccc2s1. The van der Waals surface area contributed by atoms with Crippen LogP contribution in [0.25, 0.3) is 10.1 Å². The smallest absolute Gasteiger partial charge is 0.261 e. The molecule has 0 aliphatic rings. The van der Waals surface area contributed by atoms with Gasteiger partial charge in [0.15, 0.2) is 0 Å². The van der Waals surface area contributed by atoms with E-state index in [1.807, 2.05) is 6.92 Å². The summed E-state index contributed by atoms with van der Waals surface area (Å²) in [6, 6.07) is 6.13. The minimum absolute atomic E-state index is 0.225. The van der Waals surface area contributed by atoms with Gasteiger partial charge in [0.2, 0.25) is 0 Å². The molecule has 102 valence electrons. The zero-order valence-corrected chi connectivity index (χ0v) is 11.5. The molecule has 0 spiro atoms. The van der Waals surface area contributed by atoms with Crippen molar-refractivity contribution >= 4 is 27.3 Å². The van der Waals surface area contributed by atoms with Crippen LogP contribution in [-0.2, 0) is 0 Å². The fourth-order valence-corrected chi connectivity index (χ4v) is 2.82. The van der Waals surface area contributed by atoms with E-state index in [1.165, 1.54) is 23.5 Å². The number of aliphatic hydroxyl groups is 1. The van der Waals surface area contributed by atoms with Gasteiger partial charge in [-0.15, -0.1) is 11.3 Å². The van der Waals surface area contributed by atoms with Crippen molar-refractivity contribution in [1.82, 2.24) is 5.32 Å². The summed E-state index contributed by atoms with van der Waals surface area (Å²) >= 11 is 1.32. The first-order valence-electron chi connectivity index (χ1n) is 6.25. The van der Waals surface area contributed by atoms with E-state index < -0.39 is 6.10 Å². The van der Waals surface area contributed by atoms with E-state index in [-0.39, 0.29) is 18.3 Å². The van der Waals surface area contributed by atoms with Crippen LogP contribution in [0, 0.1) is 5.82 Å². The Hall–Kier alpha value is -1.46. The molecule has 0 saturated heterocycles. The molecule has 1 unspecified atom stereocenters. The Morgan fingerprint density at radius 3 is 3.00 bits per heavy atom. The summed E-state index contributed by atoms with van der Waals surface area (Å²) in [6.07, 6.45) is 1.03. The number of thiophene rings is 1. The molecule has 1 atom stereocenters. The van der Waals surface area contributed by atoms with Crippen molar-refractivity contribution < 1.29 is 14.3 Å². The molecule has 0 bridgehead atoms. The second kappa shape index (κ2) is 6.12. The average molecular weight is 281 g/mol. The Bertz CT molecular complexity index is 582. The van der Waals surface area contributed by atoms with Gasteiger partial charge in [-0.05, 0) is 36.1 Å². The molecule has 19 heavy (non-hydrogen) atoms. The largest absolute Gasteiger partial charge is 0.391 e. The highest BCUT2D eigenvalue weighted by Gasteiger charge is 2.12. The Kier molecular flexibility index (Phi) is 4.50. The number of hydrogen-bond acceptors (Lipinski definition) is 3. The molecular weight excluding hydrogens is 265 g/mol. The van der Waals surface area contributed by atoms with E-state index in [2.05, 4.69) is 5.32 Å². The van der Waals surface area contributed by atoms with Crippen molar-refractivity contribution in [3.63, 3.8) is 0 Å². The molecule has 1 aromatic heterocycles. The lowest BCUT2D eigenvalue weighted by Gasteiger charge is -2.09. The van der Waals surface area contributed by atoms with Crippen LogP contribution in [0.5, 0.6) is 0 Å². The summed E-state index contributed by atoms with van der Waals surface area (Å²) in [4.78, 5) is 12.4. The van der Waals surface area contributed by atoms with Crippen LogP contribution in [0.3, 0.4) is 0 Å². The average Bonchev–Trinajstić information content (AvgIpc) is 2.79. The fraction of sp³-hybridized carbons (Fsp3) is 0.357. The minimum atomic E-state index is -0.513. The lowest BCUT2D eigenvalue weighted by molar-refractivity contribution is 0.0914. The number of carbonyl (C=O) groups is 1. The fourth-order valence-electron chi connectivity index (χ4n) is 1.86. The van der Waals surface area contributed by atoms with Gasteiger partial charge in [-0.1, -0.05) is 13.3 Å². The van der Waals surface area contributed by atoms with Crippen molar-refractivity contribution in [2.45, 2.75) is 25.9 Å². The van der Waals surface area contributed by atoms with Crippen molar-refractivity contribution in [3.8, 4) is 0 Å². The number of amides is 1. The van der Waals surface area contributed by atoms with E-state index in [1.54, 1.807) is 12.1 Å². The van der Waals surface area contributed by atoms with E-state index >= 15 is 0 Å². The van der Waals surface area contributed by atoms with Crippen LogP contribution in [0.2, 0.25) is 0 Å². The van der Waals surface area contributed by atoms with Gasteiger partial charge in [0, 0.05) is 11.2 Å². The molecule has 2 N–H and O–H groups in total. The molecule has 0 fully saturated rings. The van der Waals surface area contributed by atoms with E-state index in [0.717, 1.165) is 16.5 Å². The predicted molar refractivity (Wildman–Crippen MR) is 75.0 cm³/mol. The quantitative estimate of drug-likeness (QED) is 0.885. The van der Waals surface area contributed by atoms with Crippen LogP contribution >= 0.6 is 11.3 Å². The van der Waals surface area contributed by atoms with Crippen LogP contribution in [-0.4, -0.2) is 23.7 Å². The number of nitrogens with one attached hydrogen (secondary N) is 1. The zero-order valence-electron chi connectivity index (χ0n) is 10.6. The molecule has 2 aromatic rings. The number of hydrogen-bond donors (Lipinski definition) is 2. The normalized spacial score (nSPS) is 12.6. The van der Waals surface area contributed by atoms with Gasteiger partial charge in [-0.25, -0.2) is 4.39 Å². The second-order valence-corrected chi connectivity index (χ2v) is 5.53. The van der Waals surface area contributed by atoms with Crippen LogP contribution < -0.4 is 5.32 Å². The monoisotopic (exact) mass is 281 g/mol. The van der Waals surface area contributed by atoms with E-state index in [4.69, 9.17) is 0 Å². The summed E-state index contributed by atoms with van der Waals surface area (Å²) < 4.78 is 13.9. The Morgan fingerprint density at radius 1 is 1.47 bits per heavy atom. The minimum Gasteiger partial charge on any atom is -0.391 e. The lowest BCUT2D eigenvalue weighted by Crippen LogP contribution is -2.31. The molecule has 0 saturated carbocycles. The molecule has 0 radical (unpaired) electrons. The highest BCUT2D eigenvalue weighted by atomic mass is 32.1. The van der Waals surface area contributed by atoms with Gasteiger partial charge in [0.25, 0.3) is 5.91 Å². The maximum atomic E-state index is 13.1. The number of aliphatic hydroxyl groups excluding tert-OH is 1. The Balaban J connectivity index is 2.05. The molecule has 0 aliphatic heterocycles. The topological polar surface area (TPSA) is 49.3 Å². The van der Waals surface area contributed by atoms with Crippen LogP contribution in [0.1, 0.15) is 29.4 Å². The number of benzene rings is 1. The first kappa shape index (κ1) is 14.0. The standard InChI is InChI=1S/C14H16FNO2S/c1-2-3-11(17)8-16-14(18)13-7-9-6-10(15)4-5-12(9)19-13/h4-7,11,17H,2-3,8H2,1H3,(H,16,18).